The van der Waals surface area contributed by atoms with Crippen LogP contribution in [0.2, 0.25) is 0 Å². The van der Waals surface area contributed by atoms with E-state index in [1.54, 1.807) is 12.1 Å². The number of ether oxygens (including phenoxy) is 2. The number of rotatable bonds is 2. The van der Waals surface area contributed by atoms with Crippen molar-refractivity contribution in [3.8, 4) is 11.5 Å². The molecule has 2 fully saturated rings. The summed E-state index contributed by atoms with van der Waals surface area (Å²) in [6.07, 6.45) is 2.25. The number of piperidine rings is 1. The summed E-state index contributed by atoms with van der Waals surface area (Å²) in [7, 11) is 0. The molecule has 4 rings (SSSR count). The van der Waals surface area contributed by atoms with Crippen LogP contribution in [0.15, 0.2) is 16.6 Å². The third-order valence-electron chi connectivity index (χ3n) is 4.33. The summed E-state index contributed by atoms with van der Waals surface area (Å²) in [5, 5.41) is 6.57. The predicted molar refractivity (Wildman–Crippen MR) is 76.0 cm³/mol. The molecule has 1 aliphatic carbocycles. The number of carbonyl (C=O) groups excluding carboxylic acids is 1. The third kappa shape index (κ3) is 1.98. The molecule has 2 aliphatic heterocycles. The van der Waals surface area contributed by atoms with Gasteiger partial charge >= 0.3 is 0 Å². The minimum atomic E-state index is -0.0525. The van der Waals surface area contributed by atoms with Gasteiger partial charge in [-0.15, -0.1) is 0 Å². The Morgan fingerprint density at radius 2 is 2.25 bits per heavy atom. The number of nitrogens with one attached hydrogen (secondary N) is 2. The first-order valence-corrected chi connectivity index (χ1v) is 7.63. The molecule has 5 nitrogen and oxygen atoms in total. The highest BCUT2D eigenvalue weighted by Crippen LogP contribution is 2.40. The summed E-state index contributed by atoms with van der Waals surface area (Å²) in [6.45, 7) is 1.29. The van der Waals surface area contributed by atoms with Gasteiger partial charge in [-0.3, -0.25) is 4.79 Å². The molecule has 2 bridgehead atoms. The van der Waals surface area contributed by atoms with E-state index in [1.807, 2.05) is 0 Å². The smallest absolute Gasteiger partial charge is 0.251 e. The highest BCUT2D eigenvalue weighted by atomic mass is 79.9. The quantitative estimate of drug-likeness (QED) is 0.860. The summed E-state index contributed by atoms with van der Waals surface area (Å²) < 4.78 is 11.4. The third-order valence-corrected chi connectivity index (χ3v) is 4.92. The lowest BCUT2D eigenvalue weighted by Crippen LogP contribution is -2.47. The van der Waals surface area contributed by atoms with Crippen molar-refractivity contribution in [2.45, 2.75) is 24.9 Å². The molecule has 2 N–H and O–H groups in total. The van der Waals surface area contributed by atoms with Crippen molar-refractivity contribution >= 4 is 21.8 Å². The highest BCUT2D eigenvalue weighted by Gasteiger charge is 2.40. The van der Waals surface area contributed by atoms with Gasteiger partial charge in [0, 0.05) is 17.6 Å². The molecule has 20 heavy (non-hydrogen) atoms. The van der Waals surface area contributed by atoms with Crippen molar-refractivity contribution in [1.82, 2.24) is 10.6 Å². The van der Waals surface area contributed by atoms with Crippen molar-refractivity contribution in [3.63, 3.8) is 0 Å². The molecule has 0 aromatic heterocycles. The van der Waals surface area contributed by atoms with Crippen LogP contribution in [0.3, 0.4) is 0 Å². The van der Waals surface area contributed by atoms with Crippen molar-refractivity contribution in [1.29, 1.82) is 0 Å². The summed E-state index contributed by atoms with van der Waals surface area (Å²) in [6, 6.07) is 4.19. The zero-order valence-corrected chi connectivity index (χ0v) is 12.4. The van der Waals surface area contributed by atoms with Crippen LogP contribution in [0.1, 0.15) is 23.2 Å². The van der Waals surface area contributed by atoms with Gasteiger partial charge in [-0.25, -0.2) is 0 Å². The number of amides is 1. The van der Waals surface area contributed by atoms with Gasteiger partial charge in [0.15, 0.2) is 11.5 Å². The molecule has 3 atom stereocenters. The zero-order chi connectivity index (χ0) is 13.7. The van der Waals surface area contributed by atoms with Gasteiger partial charge in [0.2, 0.25) is 6.79 Å². The Bertz CT molecular complexity index is 578. The van der Waals surface area contributed by atoms with Gasteiger partial charge in [-0.05, 0) is 53.4 Å². The van der Waals surface area contributed by atoms with Crippen LogP contribution < -0.4 is 20.1 Å². The Labute approximate surface area is 125 Å². The number of benzene rings is 1. The van der Waals surface area contributed by atoms with E-state index in [2.05, 4.69) is 26.6 Å². The summed E-state index contributed by atoms with van der Waals surface area (Å²) in [5.41, 5.74) is 0.601. The average Bonchev–Trinajstić information content (AvgIpc) is 3.13. The molecule has 0 radical (unpaired) electrons. The highest BCUT2D eigenvalue weighted by molar-refractivity contribution is 9.10. The van der Waals surface area contributed by atoms with Gasteiger partial charge in [0.1, 0.15) is 0 Å². The minimum Gasteiger partial charge on any atom is -0.454 e. The first-order chi connectivity index (χ1) is 9.70. The van der Waals surface area contributed by atoms with E-state index in [1.165, 1.54) is 6.42 Å². The second kappa shape index (κ2) is 4.63. The summed E-state index contributed by atoms with van der Waals surface area (Å²) in [4.78, 5) is 12.4. The number of fused-ring (bicyclic) bond motifs is 3. The predicted octanol–water partition coefficient (Wildman–Crippen LogP) is 1.66. The van der Waals surface area contributed by atoms with Gasteiger partial charge in [-0.2, -0.15) is 0 Å². The second-order valence-corrected chi connectivity index (χ2v) is 6.48. The molecule has 1 aromatic carbocycles. The molecule has 3 unspecified atom stereocenters. The lowest BCUT2D eigenvalue weighted by atomic mass is 10.1. The van der Waals surface area contributed by atoms with Gasteiger partial charge < -0.3 is 20.1 Å². The molecule has 1 saturated carbocycles. The van der Waals surface area contributed by atoms with Crippen LogP contribution in [0.5, 0.6) is 11.5 Å². The molecule has 1 amide bonds. The normalized spacial score (nSPS) is 29.8. The van der Waals surface area contributed by atoms with E-state index in [-0.39, 0.29) is 18.7 Å². The summed E-state index contributed by atoms with van der Waals surface area (Å²) in [5.74, 6) is 1.95. The standard InChI is InChI=1S/C14H15BrN2O3/c15-9-3-8(4-12-13(9)20-6-19-12)14(18)17-11-2-7-1-10(11)16-5-7/h3-4,7,10-11,16H,1-2,5-6H2,(H,17,18). The van der Waals surface area contributed by atoms with Gasteiger partial charge in [-0.1, -0.05) is 0 Å². The van der Waals surface area contributed by atoms with Crippen LogP contribution in [-0.4, -0.2) is 31.3 Å². The van der Waals surface area contributed by atoms with E-state index in [0.29, 0.717) is 29.0 Å². The maximum Gasteiger partial charge on any atom is 0.251 e. The fourth-order valence-corrected chi connectivity index (χ4v) is 3.92. The molecular weight excluding hydrogens is 324 g/mol. The van der Waals surface area contributed by atoms with Crippen molar-refractivity contribution < 1.29 is 14.3 Å². The van der Waals surface area contributed by atoms with Crippen LogP contribution in [0.4, 0.5) is 0 Å². The summed E-state index contributed by atoms with van der Waals surface area (Å²) >= 11 is 3.41. The Morgan fingerprint density at radius 1 is 1.35 bits per heavy atom. The van der Waals surface area contributed by atoms with Crippen LogP contribution >= 0.6 is 15.9 Å². The molecule has 6 heteroatoms. The van der Waals surface area contributed by atoms with Gasteiger partial charge in [0.05, 0.1) is 4.47 Å². The lowest BCUT2D eigenvalue weighted by molar-refractivity contribution is 0.0928. The van der Waals surface area contributed by atoms with Crippen molar-refractivity contribution in [2.24, 2.45) is 5.92 Å². The minimum absolute atomic E-state index is 0.0525. The first-order valence-electron chi connectivity index (χ1n) is 6.84. The fraction of sp³-hybridized carbons (Fsp3) is 0.500. The maximum atomic E-state index is 12.4. The average molecular weight is 339 g/mol. The SMILES string of the molecule is O=C(NC1CC2CNC1C2)c1cc(Br)c2c(c1)OCO2. The zero-order valence-electron chi connectivity index (χ0n) is 10.8. The number of carbonyl (C=O) groups is 1. The number of hydrogen-bond acceptors (Lipinski definition) is 4. The van der Waals surface area contributed by atoms with E-state index in [0.717, 1.165) is 17.4 Å². The maximum absolute atomic E-state index is 12.4. The van der Waals surface area contributed by atoms with Gasteiger partial charge in [0.25, 0.3) is 5.91 Å². The van der Waals surface area contributed by atoms with Crippen molar-refractivity contribution in [2.75, 3.05) is 13.3 Å². The number of halogens is 1. The molecule has 3 aliphatic rings. The van der Waals surface area contributed by atoms with E-state index in [9.17, 15) is 4.79 Å². The molecule has 0 spiro atoms. The van der Waals surface area contributed by atoms with Crippen molar-refractivity contribution in [3.05, 3.63) is 22.2 Å². The molecule has 1 saturated heterocycles. The lowest BCUT2D eigenvalue weighted by Gasteiger charge is -2.24. The monoisotopic (exact) mass is 338 g/mol. The van der Waals surface area contributed by atoms with E-state index in [4.69, 9.17) is 9.47 Å². The van der Waals surface area contributed by atoms with E-state index < -0.39 is 0 Å². The first kappa shape index (κ1) is 12.5. The Hall–Kier alpha value is -1.27. The molecule has 2 heterocycles. The number of hydrogen-bond donors (Lipinski definition) is 2. The Kier molecular flexibility index (Phi) is 2.89. The Morgan fingerprint density at radius 3 is 3.00 bits per heavy atom. The largest absolute Gasteiger partial charge is 0.454 e. The Balaban J connectivity index is 1.53. The molecule has 106 valence electrons. The second-order valence-electron chi connectivity index (χ2n) is 5.62. The fourth-order valence-electron chi connectivity index (χ4n) is 3.36. The van der Waals surface area contributed by atoms with E-state index >= 15 is 0 Å². The van der Waals surface area contributed by atoms with Crippen LogP contribution in [0.25, 0.3) is 0 Å². The van der Waals surface area contributed by atoms with Crippen LogP contribution in [-0.2, 0) is 0 Å². The molecule has 1 aromatic rings. The topological polar surface area (TPSA) is 59.6 Å². The van der Waals surface area contributed by atoms with Crippen LogP contribution in [0, 0.1) is 5.92 Å². The molecular formula is C14H15BrN2O3.